The predicted octanol–water partition coefficient (Wildman–Crippen LogP) is 12.0. The van der Waals surface area contributed by atoms with Gasteiger partial charge in [0.2, 0.25) is 0 Å². The number of hydrogen-bond acceptors (Lipinski definition) is 1. The molecule has 0 saturated carbocycles. The van der Waals surface area contributed by atoms with Crippen LogP contribution >= 0.6 is 0 Å². The van der Waals surface area contributed by atoms with E-state index in [0.29, 0.717) is 0 Å². The SMILES string of the molecule is c1ccc(-c2c3ccccc3c(-c3cccc(-c4cc5c6ccccc6oc5c5ccccc45)c3)c3ccccc23)cc1. The molecule has 0 bridgehead atoms. The molecule has 9 aromatic rings. The van der Waals surface area contributed by atoms with E-state index in [1.165, 1.54) is 60.3 Å². The fourth-order valence-corrected chi connectivity index (χ4v) is 6.98. The van der Waals surface area contributed by atoms with Crippen LogP contribution in [0.2, 0.25) is 0 Å². The Bertz CT molecular complexity index is 2440. The second-order valence-electron chi connectivity index (χ2n) is 11.2. The van der Waals surface area contributed by atoms with Gasteiger partial charge < -0.3 is 4.42 Å². The van der Waals surface area contributed by atoms with Crippen LogP contribution in [0.3, 0.4) is 0 Å². The average Bonchev–Trinajstić information content (AvgIpc) is 3.46. The van der Waals surface area contributed by atoms with Crippen LogP contribution in [0.5, 0.6) is 0 Å². The smallest absolute Gasteiger partial charge is 0.143 e. The highest BCUT2D eigenvalue weighted by Crippen LogP contribution is 2.45. The zero-order valence-corrected chi connectivity index (χ0v) is 23.4. The van der Waals surface area contributed by atoms with Crippen molar-refractivity contribution in [2.75, 3.05) is 0 Å². The van der Waals surface area contributed by atoms with E-state index in [-0.39, 0.29) is 0 Å². The Kier molecular flexibility index (Phi) is 5.27. The van der Waals surface area contributed by atoms with Crippen molar-refractivity contribution in [1.82, 2.24) is 0 Å². The van der Waals surface area contributed by atoms with E-state index in [1.54, 1.807) is 0 Å². The number of para-hydroxylation sites is 1. The first kappa shape index (κ1) is 24.0. The Hall–Kier alpha value is -5.66. The lowest BCUT2D eigenvalue weighted by molar-refractivity contribution is 0.672. The van der Waals surface area contributed by atoms with Crippen LogP contribution in [0.25, 0.3) is 87.6 Å². The molecule has 8 aromatic carbocycles. The summed E-state index contributed by atoms with van der Waals surface area (Å²) in [6.07, 6.45) is 0. The maximum atomic E-state index is 6.39. The molecule has 1 heterocycles. The van der Waals surface area contributed by atoms with Crippen molar-refractivity contribution < 1.29 is 4.42 Å². The van der Waals surface area contributed by atoms with Gasteiger partial charge in [0.05, 0.1) is 0 Å². The van der Waals surface area contributed by atoms with E-state index in [1.807, 2.05) is 6.07 Å². The first-order valence-electron chi connectivity index (χ1n) is 14.8. The standard InChI is InChI=1S/C42H26O/c1-2-13-27(14-3-1)40-32-19-5-7-21-34(32)41(35-22-8-6-20-33(35)40)29-16-12-15-28(25-29)37-26-38-31-18-10-11-24-39(31)43-42(38)36-23-9-4-17-30(36)37/h1-26H. The van der Waals surface area contributed by atoms with E-state index in [2.05, 4.69) is 152 Å². The first-order valence-corrected chi connectivity index (χ1v) is 14.8. The molecule has 43 heavy (non-hydrogen) atoms. The van der Waals surface area contributed by atoms with Gasteiger partial charge in [-0.05, 0) is 78.5 Å². The Labute approximate surface area is 249 Å². The minimum absolute atomic E-state index is 0.921. The number of benzene rings is 8. The third kappa shape index (κ3) is 3.65. The Balaban J connectivity index is 1.35. The number of hydrogen-bond donors (Lipinski definition) is 0. The summed E-state index contributed by atoms with van der Waals surface area (Å²) >= 11 is 0. The van der Waals surface area contributed by atoms with Gasteiger partial charge in [-0.1, -0.05) is 140 Å². The fraction of sp³-hybridized carbons (Fsp3) is 0. The molecule has 0 spiro atoms. The molecule has 9 rings (SSSR count). The van der Waals surface area contributed by atoms with Gasteiger partial charge in [0.1, 0.15) is 11.2 Å². The monoisotopic (exact) mass is 546 g/mol. The van der Waals surface area contributed by atoms with Crippen LogP contribution in [0.4, 0.5) is 0 Å². The van der Waals surface area contributed by atoms with E-state index in [4.69, 9.17) is 4.42 Å². The van der Waals surface area contributed by atoms with E-state index in [0.717, 1.165) is 27.3 Å². The van der Waals surface area contributed by atoms with Crippen LogP contribution in [0.15, 0.2) is 162 Å². The fourth-order valence-electron chi connectivity index (χ4n) is 6.98. The quantitative estimate of drug-likeness (QED) is 0.201. The molecule has 200 valence electrons. The van der Waals surface area contributed by atoms with Gasteiger partial charge in [-0.2, -0.15) is 0 Å². The molecule has 0 saturated heterocycles. The zero-order valence-electron chi connectivity index (χ0n) is 23.4. The van der Waals surface area contributed by atoms with Crippen LogP contribution in [0.1, 0.15) is 0 Å². The van der Waals surface area contributed by atoms with Gasteiger partial charge in [0.15, 0.2) is 0 Å². The van der Waals surface area contributed by atoms with Gasteiger partial charge in [-0.25, -0.2) is 0 Å². The third-order valence-electron chi connectivity index (χ3n) is 8.84. The molecule has 0 atom stereocenters. The second kappa shape index (κ2) is 9.44. The molecule has 0 radical (unpaired) electrons. The summed E-state index contributed by atoms with van der Waals surface area (Å²) in [5, 5.41) is 9.69. The molecule has 0 aliphatic rings. The molecule has 0 amide bonds. The van der Waals surface area contributed by atoms with Gasteiger partial charge in [-0.3, -0.25) is 0 Å². The van der Waals surface area contributed by atoms with Gasteiger partial charge in [0, 0.05) is 16.2 Å². The third-order valence-corrected chi connectivity index (χ3v) is 8.84. The molecule has 0 aliphatic carbocycles. The van der Waals surface area contributed by atoms with Gasteiger partial charge >= 0.3 is 0 Å². The van der Waals surface area contributed by atoms with Crippen molar-refractivity contribution >= 4 is 54.3 Å². The maximum absolute atomic E-state index is 6.39. The summed E-state index contributed by atoms with van der Waals surface area (Å²) < 4.78 is 6.39. The van der Waals surface area contributed by atoms with E-state index < -0.39 is 0 Å². The Morgan fingerprint density at radius 1 is 0.302 bits per heavy atom. The van der Waals surface area contributed by atoms with Crippen molar-refractivity contribution in [1.29, 1.82) is 0 Å². The lowest BCUT2D eigenvalue weighted by Crippen LogP contribution is -1.91. The first-order chi connectivity index (χ1) is 21.3. The highest BCUT2D eigenvalue weighted by molar-refractivity contribution is 6.22. The van der Waals surface area contributed by atoms with Crippen LogP contribution in [-0.4, -0.2) is 0 Å². The molecule has 0 unspecified atom stereocenters. The minimum Gasteiger partial charge on any atom is -0.455 e. The molecule has 0 N–H and O–H groups in total. The van der Waals surface area contributed by atoms with Crippen LogP contribution in [0, 0.1) is 0 Å². The highest BCUT2D eigenvalue weighted by atomic mass is 16.3. The largest absolute Gasteiger partial charge is 0.455 e. The normalized spacial score (nSPS) is 11.7. The maximum Gasteiger partial charge on any atom is 0.143 e. The van der Waals surface area contributed by atoms with Crippen molar-refractivity contribution in [3.63, 3.8) is 0 Å². The van der Waals surface area contributed by atoms with Crippen LogP contribution in [-0.2, 0) is 0 Å². The molecule has 0 fully saturated rings. The second-order valence-corrected chi connectivity index (χ2v) is 11.2. The number of rotatable bonds is 3. The number of fused-ring (bicyclic) bond motifs is 7. The zero-order chi connectivity index (χ0) is 28.3. The molecular weight excluding hydrogens is 520 g/mol. The summed E-state index contributed by atoms with van der Waals surface area (Å²) in [5.41, 5.74) is 9.29. The summed E-state index contributed by atoms with van der Waals surface area (Å²) in [5.74, 6) is 0. The average molecular weight is 547 g/mol. The summed E-state index contributed by atoms with van der Waals surface area (Å²) in [6.45, 7) is 0. The lowest BCUT2D eigenvalue weighted by atomic mass is 9.85. The van der Waals surface area contributed by atoms with Crippen molar-refractivity contribution in [2.45, 2.75) is 0 Å². The summed E-state index contributed by atoms with van der Waals surface area (Å²) in [4.78, 5) is 0. The van der Waals surface area contributed by atoms with Gasteiger partial charge in [-0.15, -0.1) is 0 Å². The number of furan rings is 1. The Morgan fingerprint density at radius 3 is 1.47 bits per heavy atom. The Morgan fingerprint density at radius 2 is 0.791 bits per heavy atom. The van der Waals surface area contributed by atoms with Crippen LogP contribution < -0.4 is 0 Å². The summed E-state index contributed by atoms with van der Waals surface area (Å²) in [6, 6.07) is 56.8. The van der Waals surface area contributed by atoms with Gasteiger partial charge in [0.25, 0.3) is 0 Å². The summed E-state index contributed by atoms with van der Waals surface area (Å²) in [7, 11) is 0. The highest BCUT2D eigenvalue weighted by Gasteiger charge is 2.18. The van der Waals surface area contributed by atoms with Crippen molar-refractivity contribution in [3.8, 4) is 33.4 Å². The predicted molar refractivity (Wildman–Crippen MR) is 183 cm³/mol. The van der Waals surface area contributed by atoms with Crippen molar-refractivity contribution in [3.05, 3.63) is 158 Å². The lowest BCUT2D eigenvalue weighted by Gasteiger charge is -2.18. The van der Waals surface area contributed by atoms with E-state index >= 15 is 0 Å². The minimum atomic E-state index is 0.921. The molecule has 0 aliphatic heterocycles. The van der Waals surface area contributed by atoms with E-state index in [9.17, 15) is 0 Å². The van der Waals surface area contributed by atoms with Crippen molar-refractivity contribution in [2.24, 2.45) is 0 Å². The molecule has 1 nitrogen and oxygen atoms in total. The molecule has 1 aromatic heterocycles. The molecule has 1 heteroatoms. The topological polar surface area (TPSA) is 13.1 Å². The molecular formula is C42H26O.